The second kappa shape index (κ2) is 16.8. The Morgan fingerprint density at radius 3 is 2.60 bits per heavy atom. The van der Waals surface area contributed by atoms with Crippen LogP contribution in [0.2, 0.25) is 0 Å². The highest BCUT2D eigenvalue weighted by molar-refractivity contribution is 9.10. The molecule has 0 spiro atoms. The zero-order valence-corrected chi connectivity index (χ0v) is 31.1. The van der Waals surface area contributed by atoms with Gasteiger partial charge in [0.15, 0.2) is 4.96 Å². The number of thiazole rings is 1. The number of nitrogens with one attached hydrogen (secondary N) is 2. The average molecular weight is 796 g/mol. The molecular weight excluding hydrogens is 756 g/mol. The molecule has 3 unspecified atom stereocenters. The van der Waals surface area contributed by atoms with Crippen LogP contribution in [0, 0.1) is 0 Å². The third kappa shape index (κ3) is 8.36. The van der Waals surface area contributed by atoms with Crippen LogP contribution >= 0.6 is 27.3 Å². The molecule has 2 aliphatic heterocycles. The molecule has 6 rings (SSSR count). The molecule has 0 aliphatic carbocycles. The van der Waals surface area contributed by atoms with E-state index in [0.717, 1.165) is 30.2 Å². The van der Waals surface area contributed by atoms with E-state index in [4.69, 9.17) is 14.2 Å². The van der Waals surface area contributed by atoms with E-state index in [0.29, 0.717) is 34.9 Å². The van der Waals surface area contributed by atoms with Crippen LogP contribution in [0.15, 0.2) is 63.3 Å². The fourth-order valence-corrected chi connectivity index (χ4v) is 7.68. The Labute approximate surface area is 312 Å². The molecule has 2 aromatic heterocycles. The molecule has 2 aromatic carbocycles. The second-order valence-corrected chi connectivity index (χ2v) is 14.4. The van der Waals surface area contributed by atoms with Gasteiger partial charge in [0.05, 0.1) is 24.3 Å². The number of imide groups is 2. The number of fused-ring (bicyclic) bond motifs is 2. The van der Waals surface area contributed by atoms with E-state index in [1.165, 1.54) is 21.3 Å². The number of hydrogen-bond acceptors (Lipinski definition) is 12. The van der Waals surface area contributed by atoms with E-state index in [2.05, 4.69) is 55.6 Å². The Morgan fingerprint density at radius 1 is 1.06 bits per heavy atom. The Bertz CT molecular complexity index is 2000. The molecule has 0 saturated carbocycles. The lowest BCUT2D eigenvalue weighted by Crippen LogP contribution is -2.43. The van der Waals surface area contributed by atoms with Crippen molar-refractivity contribution in [1.29, 1.82) is 0 Å². The lowest BCUT2D eigenvalue weighted by atomic mass is 9.88. The number of likely N-dealkylation sites (N-methyl/N-ethyl adjacent to an activating group) is 1. The second-order valence-electron chi connectivity index (χ2n) is 12.7. The largest absolute Gasteiger partial charge is 0.491 e. The van der Waals surface area contributed by atoms with Crippen LogP contribution in [-0.4, -0.2) is 102 Å². The van der Waals surface area contributed by atoms with Crippen molar-refractivity contribution in [3.8, 4) is 11.5 Å². The van der Waals surface area contributed by atoms with Gasteiger partial charge in [0, 0.05) is 43.2 Å². The number of carbonyl (C=O) groups is 4. The van der Waals surface area contributed by atoms with Crippen molar-refractivity contribution >= 4 is 62.2 Å². The van der Waals surface area contributed by atoms with Gasteiger partial charge in [-0.3, -0.25) is 38.6 Å². The minimum atomic E-state index is -0.547. The number of likely N-dealkylation sites (tertiary alicyclic amines) is 1. The molecule has 1 fully saturated rings. The summed E-state index contributed by atoms with van der Waals surface area (Å²) in [7, 11) is 2.09. The quantitative estimate of drug-likeness (QED) is 0.0962. The van der Waals surface area contributed by atoms with E-state index in [1.54, 1.807) is 31.3 Å². The molecule has 3 atom stereocenters. The first-order valence-electron chi connectivity index (χ1n) is 16.9. The summed E-state index contributed by atoms with van der Waals surface area (Å²) < 4.78 is 19.4. The van der Waals surface area contributed by atoms with E-state index in [1.807, 2.05) is 17.5 Å². The third-order valence-electron chi connectivity index (χ3n) is 9.08. The minimum Gasteiger partial charge on any atom is -0.491 e. The number of ether oxygens (including phenoxy) is 3. The van der Waals surface area contributed by atoms with Gasteiger partial charge in [-0.25, -0.2) is 4.98 Å². The Morgan fingerprint density at radius 2 is 1.83 bits per heavy atom. The molecule has 52 heavy (non-hydrogen) atoms. The van der Waals surface area contributed by atoms with Crippen LogP contribution in [0.25, 0.3) is 4.96 Å². The Hall–Kier alpha value is -4.64. The molecule has 0 radical (unpaired) electrons. The first-order chi connectivity index (χ1) is 25.1. The molecular formula is C36H39BrN6O8S. The van der Waals surface area contributed by atoms with Crippen LogP contribution in [0.1, 0.15) is 58.4 Å². The first-order valence-corrected chi connectivity index (χ1v) is 18.6. The number of amides is 4. The SMILES string of the molecule is CC(CCC(=O)NC=O)N1C(=O)c2cccc(OCCOCCOc3ccc(C4CC(Nc5nc6sccn6c(=O)c5Br)CN(C)C4)cc3)c2C1=O. The molecule has 1 saturated heterocycles. The number of halogens is 1. The maximum Gasteiger partial charge on any atom is 0.275 e. The number of carbonyl (C=O) groups excluding carboxylic acids is 4. The van der Waals surface area contributed by atoms with Gasteiger partial charge in [0.1, 0.15) is 35.0 Å². The maximum atomic E-state index is 13.2. The minimum absolute atomic E-state index is 0.00298. The van der Waals surface area contributed by atoms with Crippen molar-refractivity contribution < 1.29 is 33.4 Å². The van der Waals surface area contributed by atoms with E-state index >= 15 is 0 Å². The molecule has 14 nitrogen and oxygen atoms in total. The summed E-state index contributed by atoms with van der Waals surface area (Å²) in [5, 5.41) is 7.40. The highest BCUT2D eigenvalue weighted by atomic mass is 79.9. The van der Waals surface area contributed by atoms with Crippen molar-refractivity contribution in [3.63, 3.8) is 0 Å². The Kier molecular flexibility index (Phi) is 12.0. The van der Waals surface area contributed by atoms with Crippen LogP contribution < -0.4 is 25.7 Å². The molecule has 4 aromatic rings. The summed E-state index contributed by atoms with van der Waals surface area (Å²) in [5.41, 5.74) is 1.50. The van der Waals surface area contributed by atoms with Gasteiger partial charge >= 0.3 is 0 Å². The summed E-state index contributed by atoms with van der Waals surface area (Å²) in [5.74, 6) is 0.454. The number of anilines is 1. The van der Waals surface area contributed by atoms with Gasteiger partial charge in [-0.2, -0.15) is 0 Å². The molecule has 274 valence electrons. The fraction of sp³-hybridized carbons (Fsp3) is 0.389. The Balaban J connectivity index is 0.932. The summed E-state index contributed by atoms with van der Waals surface area (Å²) in [6.45, 7) is 4.48. The van der Waals surface area contributed by atoms with Gasteiger partial charge in [-0.05, 0) is 78.5 Å². The molecule has 2 N–H and O–H groups in total. The van der Waals surface area contributed by atoms with Crippen molar-refractivity contribution in [3.05, 3.63) is 85.6 Å². The van der Waals surface area contributed by atoms with E-state index < -0.39 is 23.8 Å². The van der Waals surface area contributed by atoms with Crippen LogP contribution in [0.4, 0.5) is 5.82 Å². The molecule has 0 bridgehead atoms. The van der Waals surface area contributed by atoms with Gasteiger partial charge in [-0.1, -0.05) is 18.2 Å². The van der Waals surface area contributed by atoms with Gasteiger partial charge in [0.25, 0.3) is 17.4 Å². The van der Waals surface area contributed by atoms with Crippen molar-refractivity contribution in [2.75, 3.05) is 51.9 Å². The molecule has 2 aliphatic rings. The summed E-state index contributed by atoms with van der Waals surface area (Å²) in [4.78, 5) is 69.8. The predicted molar refractivity (Wildman–Crippen MR) is 197 cm³/mol. The molecule has 4 amide bonds. The normalized spacial score (nSPS) is 17.9. The number of nitrogens with zero attached hydrogens (tertiary/aromatic N) is 4. The van der Waals surface area contributed by atoms with Gasteiger partial charge < -0.3 is 24.4 Å². The first kappa shape index (κ1) is 37.1. The standard InChI is InChI=1S/C36H39BrN6O8S/c1-22(6-11-29(45)38-21-44)43-33(46)27-4-3-5-28(30(27)34(43)47)51-16-14-49-13-15-50-26-9-7-23(8-10-26)24-18-25(20-41(2)19-24)39-32-31(37)35(48)42-12-17-52-36(42)40-32/h3-5,7-10,12,17,21-22,24-25,39H,6,11,13-16,18-20H2,1-2H3,(H,38,44,45). The lowest BCUT2D eigenvalue weighted by Gasteiger charge is -2.36. The number of piperidine rings is 1. The lowest BCUT2D eigenvalue weighted by molar-refractivity contribution is -0.125. The average Bonchev–Trinajstić information content (AvgIpc) is 3.71. The monoisotopic (exact) mass is 794 g/mol. The summed E-state index contributed by atoms with van der Waals surface area (Å²) >= 11 is 4.86. The van der Waals surface area contributed by atoms with Crippen molar-refractivity contribution in [1.82, 2.24) is 24.5 Å². The van der Waals surface area contributed by atoms with Crippen LogP contribution in [0.3, 0.4) is 0 Å². The molecule has 4 heterocycles. The van der Waals surface area contributed by atoms with Crippen molar-refractivity contribution in [2.24, 2.45) is 0 Å². The topological polar surface area (TPSA) is 161 Å². The molecule has 16 heteroatoms. The highest BCUT2D eigenvalue weighted by Crippen LogP contribution is 2.33. The summed E-state index contributed by atoms with van der Waals surface area (Å²) in [6, 6.07) is 12.5. The van der Waals surface area contributed by atoms with Crippen molar-refractivity contribution in [2.45, 2.75) is 44.2 Å². The fourth-order valence-electron chi connectivity index (χ4n) is 6.58. The third-order valence-corrected chi connectivity index (χ3v) is 10.5. The van der Waals surface area contributed by atoms with E-state index in [-0.39, 0.29) is 60.5 Å². The number of aromatic nitrogens is 2. The number of hydrogen-bond donors (Lipinski definition) is 2. The number of benzene rings is 2. The zero-order valence-electron chi connectivity index (χ0n) is 28.7. The van der Waals surface area contributed by atoms with Crippen LogP contribution in [0.5, 0.6) is 11.5 Å². The number of rotatable bonds is 16. The predicted octanol–water partition coefficient (Wildman–Crippen LogP) is 3.93. The van der Waals surface area contributed by atoms with E-state index in [9.17, 15) is 24.0 Å². The smallest absolute Gasteiger partial charge is 0.275 e. The summed E-state index contributed by atoms with van der Waals surface area (Å²) in [6.07, 6.45) is 3.12. The van der Waals surface area contributed by atoms with Gasteiger partial charge in [0.2, 0.25) is 12.3 Å². The maximum absolute atomic E-state index is 13.2. The zero-order chi connectivity index (χ0) is 36.8. The highest BCUT2D eigenvalue weighted by Gasteiger charge is 2.40. The van der Waals surface area contributed by atoms with Gasteiger partial charge in [-0.15, -0.1) is 11.3 Å². The van der Waals surface area contributed by atoms with Crippen LogP contribution in [-0.2, 0) is 14.3 Å².